The van der Waals surface area contributed by atoms with E-state index in [0.717, 1.165) is 16.7 Å². The van der Waals surface area contributed by atoms with Gasteiger partial charge in [0.2, 0.25) is 0 Å². The van der Waals surface area contributed by atoms with Crippen molar-refractivity contribution in [2.75, 3.05) is 0 Å². The normalized spacial score (nSPS) is 12.9. The van der Waals surface area contributed by atoms with Gasteiger partial charge in [0.05, 0.1) is 11.8 Å². The van der Waals surface area contributed by atoms with Crippen LogP contribution in [0.4, 0.5) is 0 Å². The maximum absolute atomic E-state index is 12.5. The molecule has 4 rings (SSSR count). The van der Waals surface area contributed by atoms with E-state index in [9.17, 15) is 9.59 Å². The van der Waals surface area contributed by atoms with Crippen LogP contribution in [0.2, 0.25) is 5.15 Å². The van der Waals surface area contributed by atoms with Crippen molar-refractivity contribution in [1.82, 2.24) is 25.4 Å². The molecular weight excluding hydrogens is 354 g/mol. The summed E-state index contributed by atoms with van der Waals surface area (Å²) in [6.07, 6.45) is 3.03. The number of carbonyl (C=O) groups is 2. The molecule has 0 saturated heterocycles. The summed E-state index contributed by atoms with van der Waals surface area (Å²) in [5.41, 5.74) is 4.16. The van der Waals surface area contributed by atoms with Gasteiger partial charge in [-0.15, -0.1) is 0 Å². The zero-order valence-electron chi connectivity index (χ0n) is 13.8. The van der Waals surface area contributed by atoms with Gasteiger partial charge in [-0.3, -0.25) is 14.7 Å². The van der Waals surface area contributed by atoms with Crippen LogP contribution < -0.4 is 5.32 Å². The SMILES string of the molecule is O=C(NCc1ccc2c(c1)CN(C(=O)c1ccc(Cl)[nH]1)C2)c1cn[nH]c1. The molecule has 2 aromatic heterocycles. The number of fused-ring (bicyclic) bond motifs is 1. The number of amides is 2. The molecule has 0 unspecified atom stereocenters. The Balaban J connectivity index is 1.41. The van der Waals surface area contributed by atoms with E-state index in [0.29, 0.717) is 36.0 Å². The maximum Gasteiger partial charge on any atom is 0.270 e. The third-order valence-corrected chi connectivity index (χ3v) is 4.60. The molecule has 8 heteroatoms. The van der Waals surface area contributed by atoms with Crippen molar-refractivity contribution in [2.24, 2.45) is 0 Å². The van der Waals surface area contributed by atoms with Crippen molar-refractivity contribution in [3.8, 4) is 0 Å². The number of aromatic amines is 2. The first kappa shape index (κ1) is 16.4. The molecule has 132 valence electrons. The van der Waals surface area contributed by atoms with E-state index < -0.39 is 0 Å². The monoisotopic (exact) mass is 369 g/mol. The van der Waals surface area contributed by atoms with Gasteiger partial charge in [-0.1, -0.05) is 29.8 Å². The molecule has 0 radical (unpaired) electrons. The lowest BCUT2D eigenvalue weighted by Crippen LogP contribution is -2.25. The number of H-pyrrole nitrogens is 2. The fraction of sp³-hybridized carbons (Fsp3) is 0.167. The Morgan fingerprint density at radius 3 is 2.77 bits per heavy atom. The van der Waals surface area contributed by atoms with E-state index in [1.165, 1.54) is 6.20 Å². The minimum absolute atomic E-state index is 0.0806. The van der Waals surface area contributed by atoms with Crippen LogP contribution in [0, 0.1) is 0 Å². The smallest absolute Gasteiger partial charge is 0.270 e. The van der Waals surface area contributed by atoms with Crippen molar-refractivity contribution in [3.63, 3.8) is 0 Å². The second-order valence-electron chi connectivity index (χ2n) is 6.15. The van der Waals surface area contributed by atoms with Crippen LogP contribution in [0.25, 0.3) is 0 Å². The largest absolute Gasteiger partial charge is 0.348 e. The van der Waals surface area contributed by atoms with Crippen LogP contribution in [0.5, 0.6) is 0 Å². The number of hydrogen-bond acceptors (Lipinski definition) is 3. The van der Waals surface area contributed by atoms with E-state index in [1.54, 1.807) is 23.2 Å². The number of aromatic nitrogens is 3. The zero-order chi connectivity index (χ0) is 18.1. The van der Waals surface area contributed by atoms with Crippen LogP contribution in [0.15, 0.2) is 42.7 Å². The van der Waals surface area contributed by atoms with Gasteiger partial charge < -0.3 is 15.2 Å². The summed E-state index contributed by atoms with van der Waals surface area (Å²) in [4.78, 5) is 29.1. The molecule has 3 heterocycles. The van der Waals surface area contributed by atoms with Gasteiger partial charge in [0.1, 0.15) is 10.8 Å². The highest BCUT2D eigenvalue weighted by Gasteiger charge is 2.25. The van der Waals surface area contributed by atoms with E-state index in [2.05, 4.69) is 20.5 Å². The minimum Gasteiger partial charge on any atom is -0.348 e. The summed E-state index contributed by atoms with van der Waals surface area (Å²) in [6, 6.07) is 9.35. The van der Waals surface area contributed by atoms with Gasteiger partial charge >= 0.3 is 0 Å². The summed E-state index contributed by atoms with van der Waals surface area (Å²) in [6.45, 7) is 1.51. The van der Waals surface area contributed by atoms with E-state index in [1.807, 2.05) is 18.2 Å². The van der Waals surface area contributed by atoms with Gasteiger partial charge in [0.25, 0.3) is 11.8 Å². The number of rotatable bonds is 4. The fourth-order valence-electron chi connectivity index (χ4n) is 3.02. The quantitative estimate of drug-likeness (QED) is 0.659. The molecule has 1 aromatic carbocycles. The molecule has 3 aromatic rings. The number of halogens is 1. The van der Waals surface area contributed by atoms with E-state index >= 15 is 0 Å². The highest BCUT2D eigenvalue weighted by molar-refractivity contribution is 6.29. The second kappa shape index (κ2) is 6.68. The summed E-state index contributed by atoms with van der Waals surface area (Å²) >= 11 is 5.85. The Morgan fingerprint density at radius 2 is 2.04 bits per heavy atom. The van der Waals surface area contributed by atoms with Crippen molar-refractivity contribution < 1.29 is 9.59 Å². The maximum atomic E-state index is 12.5. The molecule has 26 heavy (non-hydrogen) atoms. The molecule has 1 aliphatic rings. The number of hydrogen-bond donors (Lipinski definition) is 3. The molecule has 0 spiro atoms. The van der Waals surface area contributed by atoms with Gasteiger partial charge in [0.15, 0.2) is 0 Å². The van der Waals surface area contributed by atoms with E-state index in [-0.39, 0.29) is 11.8 Å². The first-order valence-electron chi connectivity index (χ1n) is 8.11. The van der Waals surface area contributed by atoms with Gasteiger partial charge in [0, 0.05) is 25.8 Å². The second-order valence-corrected chi connectivity index (χ2v) is 6.56. The molecule has 0 fully saturated rings. The van der Waals surface area contributed by atoms with Crippen molar-refractivity contribution in [2.45, 2.75) is 19.6 Å². The van der Waals surface area contributed by atoms with Crippen molar-refractivity contribution in [1.29, 1.82) is 0 Å². The molecule has 0 bridgehead atoms. The average molecular weight is 370 g/mol. The fourth-order valence-corrected chi connectivity index (χ4v) is 3.19. The molecule has 7 nitrogen and oxygen atoms in total. The van der Waals surface area contributed by atoms with Crippen molar-refractivity contribution >= 4 is 23.4 Å². The van der Waals surface area contributed by atoms with Crippen LogP contribution in [-0.2, 0) is 19.6 Å². The Bertz CT molecular complexity index is 964. The number of benzene rings is 1. The number of nitrogens with zero attached hydrogens (tertiary/aromatic N) is 2. The highest BCUT2D eigenvalue weighted by atomic mass is 35.5. The molecule has 1 aliphatic heterocycles. The predicted octanol–water partition coefficient (Wildman–Crippen LogP) is 2.48. The Labute approximate surface area is 154 Å². The molecule has 3 N–H and O–H groups in total. The number of carbonyl (C=O) groups excluding carboxylic acids is 2. The lowest BCUT2D eigenvalue weighted by molar-refractivity contribution is 0.0746. The summed E-state index contributed by atoms with van der Waals surface area (Å²) in [5, 5.41) is 9.68. The molecule has 0 atom stereocenters. The van der Waals surface area contributed by atoms with Crippen LogP contribution in [0.1, 0.15) is 37.5 Å². The Kier molecular flexibility index (Phi) is 4.22. The topological polar surface area (TPSA) is 93.9 Å². The third kappa shape index (κ3) is 3.21. The standard InChI is InChI=1S/C18H16ClN5O2/c19-16-4-3-15(23-16)18(26)24-9-12-2-1-11(5-13(12)10-24)6-20-17(25)14-7-21-22-8-14/h1-5,7-8,23H,6,9-10H2,(H,20,25)(H,21,22). The first-order chi connectivity index (χ1) is 12.6. The van der Waals surface area contributed by atoms with Crippen LogP contribution in [-0.4, -0.2) is 31.9 Å². The summed E-state index contributed by atoms with van der Waals surface area (Å²) < 4.78 is 0. The van der Waals surface area contributed by atoms with Gasteiger partial charge in [-0.25, -0.2) is 0 Å². The van der Waals surface area contributed by atoms with Crippen LogP contribution >= 0.6 is 11.6 Å². The zero-order valence-corrected chi connectivity index (χ0v) is 14.5. The van der Waals surface area contributed by atoms with Crippen molar-refractivity contribution in [3.05, 3.63) is 75.8 Å². The number of nitrogens with one attached hydrogen (secondary N) is 3. The Morgan fingerprint density at radius 1 is 1.19 bits per heavy atom. The van der Waals surface area contributed by atoms with Crippen LogP contribution in [0.3, 0.4) is 0 Å². The predicted molar refractivity (Wildman–Crippen MR) is 95.6 cm³/mol. The Hall–Kier alpha value is -3.06. The summed E-state index contributed by atoms with van der Waals surface area (Å²) in [5.74, 6) is -0.261. The minimum atomic E-state index is -0.181. The molecular formula is C18H16ClN5O2. The average Bonchev–Trinajstić information content (AvgIpc) is 3.38. The third-order valence-electron chi connectivity index (χ3n) is 4.37. The van der Waals surface area contributed by atoms with Gasteiger partial charge in [-0.05, 0) is 28.8 Å². The first-order valence-corrected chi connectivity index (χ1v) is 8.49. The lowest BCUT2D eigenvalue weighted by atomic mass is 10.1. The summed E-state index contributed by atoms with van der Waals surface area (Å²) in [7, 11) is 0. The molecule has 2 amide bonds. The molecule has 0 aliphatic carbocycles. The van der Waals surface area contributed by atoms with Gasteiger partial charge in [-0.2, -0.15) is 5.10 Å². The highest BCUT2D eigenvalue weighted by Crippen LogP contribution is 2.25. The lowest BCUT2D eigenvalue weighted by Gasteiger charge is -2.13. The molecule has 0 saturated carbocycles. The van der Waals surface area contributed by atoms with E-state index in [4.69, 9.17) is 11.6 Å².